The summed E-state index contributed by atoms with van der Waals surface area (Å²) in [5.74, 6) is -2.93. The molecule has 2 heterocycles. The molecule has 3 unspecified atom stereocenters. The lowest BCUT2D eigenvalue weighted by Crippen LogP contribution is -2.56. The number of likely N-dealkylation sites (tertiary alicyclic amines) is 1. The molecular weight excluding hydrogens is 673 g/mol. The minimum atomic E-state index is -6.42. The summed E-state index contributed by atoms with van der Waals surface area (Å²) in [7, 11) is -4.67. The number of fused-ring (bicyclic) bond motifs is 3. The van der Waals surface area contributed by atoms with Gasteiger partial charge in [0.2, 0.25) is 5.91 Å². The highest BCUT2D eigenvalue weighted by Crippen LogP contribution is 2.57. The lowest BCUT2D eigenvalue weighted by atomic mass is 9.84. The molecule has 264 valence electrons. The minimum absolute atomic E-state index is 0.151. The Labute approximate surface area is 265 Å². The summed E-state index contributed by atoms with van der Waals surface area (Å²) < 4.78 is 154. The predicted molar refractivity (Wildman–Crippen MR) is 151 cm³/mol. The number of carbonyl (C=O) groups is 2. The Morgan fingerprint density at radius 3 is 2.09 bits per heavy atom. The van der Waals surface area contributed by atoms with Crippen molar-refractivity contribution in [3.8, 4) is 5.75 Å². The second-order valence-electron chi connectivity index (χ2n) is 10.4. The number of halogens is 9. The first kappa shape index (κ1) is 39.7. The number of amides is 1. The number of nitrogens with zero attached hydrogens (tertiary/aromatic N) is 1. The summed E-state index contributed by atoms with van der Waals surface area (Å²) in [6.45, 7) is 3.77. The molecule has 1 fully saturated rings. The van der Waals surface area contributed by atoms with Crippen LogP contribution in [-0.2, 0) is 29.8 Å². The van der Waals surface area contributed by atoms with Gasteiger partial charge in [0.05, 0.1) is 17.6 Å². The van der Waals surface area contributed by atoms with E-state index in [1.807, 2.05) is 13.8 Å². The Hall–Kier alpha value is -3.50. The van der Waals surface area contributed by atoms with E-state index in [1.54, 1.807) is 6.92 Å². The second-order valence-corrected chi connectivity index (χ2v) is 12.6. The summed E-state index contributed by atoms with van der Waals surface area (Å²) >= 11 is 0. The molecule has 17 heteroatoms. The van der Waals surface area contributed by atoms with Crippen molar-refractivity contribution >= 4 is 22.2 Å². The molecular formula is C30H34F9NO6S. The number of carbonyl (C=O) groups excluding carboxylic acids is 1. The molecule has 1 saturated heterocycles. The normalized spacial score (nSPS) is 19.9. The van der Waals surface area contributed by atoms with Crippen LogP contribution in [0.15, 0.2) is 47.4 Å². The first-order valence-corrected chi connectivity index (χ1v) is 15.9. The third kappa shape index (κ3) is 7.04. The number of hydrogen-bond donors (Lipinski definition) is 1. The number of benzene rings is 2. The molecule has 7 nitrogen and oxygen atoms in total. The monoisotopic (exact) mass is 707 g/mol. The summed E-state index contributed by atoms with van der Waals surface area (Å²) in [4.78, 5) is 22.6. The van der Waals surface area contributed by atoms with Crippen molar-refractivity contribution in [1.82, 2.24) is 4.90 Å². The fourth-order valence-electron chi connectivity index (χ4n) is 5.91. The van der Waals surface area contributed by atoms with Crippen LogP contribution in [0.2, 0.25) is 0 Å². The predicted octanol–water partition coefficient (Wildman–Crippen LogP) is 7.28. The molecule has 0 aliphatic carbocycles. The molecule has 0 bridgehead atoms. The van der Waals surface area contributed by atoms with Crippen molar-refractivity contribution in [2.45, 2.75) is 80.2 Å². The zero-order valence-corrected chi connectivity index (χ0v) is 26.3. The molecule has 2 aromatic rings. The van der Waals surface area contributed by atoms with Crippen LogP contribution in [0.3, 0.4) is 0 Å². The summed E-state index contributed by atoms with van der Waals surface area (Å²) in [6, 6.07) is 3.23. The van der Waals surface area contributed by atoms with Crippen molar-refractivity contribution in [2.24, 2.45) is 5.92 Å². The van der Waals surface area contributed by atoms with Crippen LogP contribution in [0.1, 0.15) is 57.6 Å². The summed E-state index contributed by atoms with van der Waals surface area (Å²) in [5, 5.41) is 6.89. The van der Waals surface area contributed by atoms with E-state index in [-0.39, 0.29) is 50.0 Å². The average molecular weight is 708 g/mol. The average Bonchev–Trinajstić information content (AvgIpc) is 3.42. The van der Waals surface area contributed by atoms with Crippen molar-refractivity contribution in [3.05, 3.63) is 59.4 Å². The maximum atomic E-state index is 14.9. The van der Waals surface area contributed by atoms with Crippen LogP contribution < -0.4 is 4.74 Å². The fraction of sp³-hybridized carbons (Fsp3) is 0.533. The molecule has 0 saturated carbocycles. The molecule has 4 rings (SSSR count). The molecule has 2 aliphatic rings. The van der Waals surface area contributed by atoms with E-state index >= 15 is 0 Å². The van der Waals surface area contributed by atoms with Crippen LogP contribution in [0, 0.1) is 11.7 Å². The Morgan fingerprint density at radius 1 is 1.04 bits per heavy atom. The molecule has 0 aromatic heterocycles. The van der Waals surface area contributed by atoms with Crippen molar-refractivity contribution in [3.63, 3.8) is 0 Å². The number of carboxylic acid groups (broad SMARTS) is 1. The minimum Gasteiger partial charge on any atom is -0.491 e. The lowest BCUT2D eigenvalue weighted by Gasteiger charge is -2.43. The highest BCUT2D eigenvalue weighted by molar-refractivity contribution is 7.92. The van der Waals surface area contributed by atoms with E-state index in [4.69, 9.17) is 14.6 Å². The van der Waals surface area contributed by atoms with E-state index in [2.05, 4.69) is 0 Å². The third-order valence-corrected chi connectivity index (χ3v) is 10.5. The second kappa shape index (κ2) is 15.2. The third-order valence-electron chi connectivity index (χ3n) is 7.98. The van der Waals surface area contributed by atoms with Crippen molar-refractivity contribution in [2.75, 3.05) is 19.8 Å². The number of sulfone groups is 1. The van der Waals surface area contributed by atoms with Crippen LogP contribution in [-0.4, -0.2) is 69.0 Å². The van der Waals surface area contributed by atoms with Crippen LogP contribution in [0.5, 0.6) is 5.75 Å². The molecule has 0 radical (unpaired) electrons. The van der Waals surface area contributed by atoms with Gasteiger partial charge in [0.15, 0.2) is 9.84 Å². The van der Waals surface area contributed by atoms with Gasteiger partial charge < -0.3 is 14.7 Å². The first-order chi connectivity index (χ1) is 21.9. The van der Waals surface area contributed by atoms with Gasteiger partial charge in [0.25, 0.3) is 6.47 Å². The Bertz CT molecular complexity index is 1460. The zero-order valence-electron chi connectivity index (χ0n) is 25.5. The van der Waals surface area contributed by atoms with Gasteiger partial charge >= 0.3 is 18.0 Å². The van der Waals surface area contributed by atoms with Crippen molar-refractivity contribution in [1.29, 1.82) is 0 Å². The van der Waals surface area contributed by atoms with Gasteiger partial charge in [-0.05, 0) is 49.6 Å². The fourth-order valence-corrected chi connectivity index (χ4v) is 8.20. The number of alkyl halides is 8. The number of ether oxygens (including phenoxy) is 1. The summed E-state index contributed by atoms with van der Waals surface area (Å²) in [5.41, 5.74) is -8.05. The quantitative estimate of drug-likeness (QED) is 0.176. The lowest BCUT2D eigenvalue weighted by molar-refractivity contribution is -0.348. The Balaban J connectivity index is 0.00000145. The number of hydrogen-bond acceptors (Lipinski definition) is 5. The van der Waals surface area contributed by atoms with Gasteiger partial charge in [-0.3, -0.25) is 14.0 Å². The molecule has 0 spiro atoms. The maximum Gasteiger partial charge on any atom is 0.435 e. The number of rotatable bonds is 8. The van der Waals surface area contributed by atoms with Crippen LogP contribution in [0.4, 0.5) is 39.5 Å². The summed E-state index contributed by atoms with van der Waals surface area (Å²) in [6.07, 6.45) is -12.6. The molecule has 2 aromatic carbocycles. The van der Waals surface area contributed by atoms with Gasteiger partial charge in [-0.2, -0.15) is 26.3 Å². The van der Waals surface area contributed by atoms with E-state index in [1.165, 1.54) is 4.90 Å². The van der Waals surface area contributed by atoms with E-state index in [0.717, 1.165) is 24.3 Å². The Morgan fingerprint density at radius 2 is 1.60 bits per heavy atom. The highest BCUT2D eigenvalue weighted by Gasteiger charge is 2.74. The zero-order chi connectivity index (χ0) is 36.0. The standard InChI is InChI=1S/C27H26F9NO4S.C2H6.CH2O2/c1-2-3-16(10-12-28)23(38)37-13-11-24(42(39,40)19-7-5-18(29)6-8-19)20-9-4-17(14-21(20)41-15-22(24)37)25(30,26(31,32)33)27(34,35)36;1-2;2-1-3/h4-9,14,16,22H,2-3,10-13,15H2,1H3;1-2H3;1H,(H,2,3). The SMILES string of the molecule is CC.CCCC(CCF)C(=O)N1CCC2(S(=O)(=O)c3ccc(F)cc3)c3ccc(C(F)(C(F)(F)F)C(F)(F)F)cc3OCC12.O=CO. The van der Waals surface area contributed by atoms with Crippen LogP contribution >= 0.6 is 0 Å². The van der Waals surface area contributed by atoms with Crippen molar-refractivity contribution < 1.29 is 67.4 Å². The van der Waals surface area contributed by atoms with Gasteiger partial charge in [-0.25, -0.2) is 17.2 Å². The van der Waals surface area contributed by atoms with Gasteiger partial charge in [-0.1, -0.05) is 39.3 Å². The van der Waals surface area contributed by atoms with E-state index < -0.39 is 85.8 Å². The van der Waals surface area contributed by atoms with Gasteiger partial charge in [0, 0.05) is 23.6 Å². The topological polar surface area (TPSA) is 101 Å². The highest BCUT2D eigenvalue weighted by atomic mass is 32.2. The van der Waals surface area contributed by atoms with Gasteiger partial charge in [-0.15, -0.1) is 0 Å². The molecule has 2 aliphatic heterocycles. The largest absolute Gasteiger partial charge is 0.491 e. The Kier molecular flexibility index (Phi) is 12.8. The maximum absolute atomic E-state index is 14.9. The molecule has 1 amide bonds. The van der Waals surface area contributed by atoms with Gasteiger partial charge in [0.1, 0.15) is 22.9 Å². The van der Waals surface area contributed by atoms with Crippen LogP contribution in [0.25, 0.3) is 0 Å². The van der Waals surface area contributed by atoms with E-state index in [9.17, 15) is 52.7 Å². The molecule has 1 N–H and O–H groups in total. The van der Waals surface area contributed by atoms with E-state index in [0.29, 0.717) is 12.5 Å². The molecule has 47 heavy (non-hydrogen) atoms. The smallest absolute Gasteiger partial charge is 0.435 e. The molecule has 3 atom stereocenters. The first-order valence-electron chi connectivity index (χ1n) is 14.4.